The molecule has 0 spiro atoms. The van der Waals surface area contributed by atoms with E-state index >= 15 is 0 Å². The summed E-state index contributed by atoms with van der Waals surface area (Å²) in [6.07, 6.45) is 6.93. The van der Waals surface area contributed by atoms with E-state index in [1.807, 2.05) is 35.2 Å². The zero-order valence-electron chi connectivity index (χ0n) is 16.2. The second-order valence-corrected chi connectivity index (χ2v) is 7.75. The molecule has 0 N–H and O–H groups in total. The maximum Gasteiger partial charge on any atom is 0.344 e. The average molecular weight is 382 g/mol. The van der Waals surface area contributed by atoms with E-state index in [2.05, 4.69) is 5.16 Å². The first-order valence-corrected chi connectivity index (χ1v) is 10.1. The molecule has 0 unspecified atom stereocenters. The van der Waals surface area contributed by atoms with E-state index in [-0.39, 0.29) is 18.1 Å². The van der Waals surface area contributed by atoms with Crippen molar-refractivity contribution in [2.45, 2.75) is 51.5 Å². The standard InChI is InChI=1S/C22H26N2O4/c1-15-20(21(23-28-15)17-9-3-2-4-10-17)22(26)27-14-19(25)24-13-7-11-16-8-5-6-12-18(16)24/h2-4,9-10,16,18H,5-8,11-14H2,1H3/t16-,18+/m0/s1. The van der Waals surface area contributed by atoms with Crippen LogP contribution in [-0.2, 0) is 9.53 Å². The maximum absolute atomic E-state index is 12.8. The summed E-state index contributed by atoms with van der Waals surface area (Å²) in [6.45, 7) is 2.20. The second-order valence-electron chi connectivity index (χ2n) is 7.75. The lowest BCUT2D eigenvalue weighted by Crippen LogP contribution is -2.50. The minimum atomic E-state index is -0.567. The lowest BCUT2D eigenvalue weighted by Gasteiger charge is -2.44. The fraction of sp³-hybridized carbons (Fsp3) is 0.500. The van der Waals surface area contributed by atoms with Gasteiger partial charge < -0.3 is 14.2 Å². The van der Waals surface area contributed by atoms with Gasteiger partial charge in [0, 0.05) is 18.2 Å². The number of amides is 1. The van der Waals surface area contributed by atoms with Gasteiger partial charge in [-0.25, -0.2) is 4.79 Å². The first-order valence-electron chi connectivity index (χ1n) is 10.1. The van der Waals surface area contributed by atoms with Gasteiger partial charge in [-0.3, -0.25) is 4.79 Å². The minimum absolute atomic E-state index is 0.0969. The van der Waals surface area contributed by atoms with E-state index in [4.69, 9.17) is 9.26 Å². The SMILES string of the molecule is Cc1onc(-c2ccccc2)c1C(=O)OCC(=O)N1CCC[C@@H]2CCCC[C@H]21. The van der Waals surface area contributed by atoms with Crippen molar-refractivity contribution in [3.8, 4) is 11.3 Å². The van der Waals surface area contributed by atoms with Crippen molar-refractivity contribution in [2.75, 3.05) is 13.2 Å². The molecule has 148 valence electrons. The van der Waals surface area contributed by atoms with Crippen LogP contribution in [0.3, 0.4) is 0 Å². The molecule has 1 aromatic carbocycles. The van der Waals surface area contributed by atoms with Crippen LogP contribution < -0.4 is 0 Å². The number of aryl methyl sites for hydroxylation is 1. The molecule has 1 aliphatic heterocycles. The van der Waals surface area contributed by atoms with E-state index in [1.165, 1.54) is 25.7 Å². The highest BCUT2D eigenvalue weighted by Gasteiger charge is 2.36. The zero-order valence-corrected chi connectivity index (χ0v) is 16.2. The van der Waals surface area contributed by atoms with E-state index < -0.39 is 5.97 Å². The van der Waals surface area contributed by atoms with Crippen LogP contribution in [0.15, 0.2) is 34.9 Å². The molecule has 0 radical (unpaired) electrons. The molecule has 1 amide bonds. The summed E-state index contributed by atoms with van der Waals surface area (Å²) >= 11 is 0. The van der Waals surface area contributed by atoms with Gasteiger partial charge in [-0.1, -0.05) is 48.3 Å². The number of benzene rings is 1. The highest BCUT2D eigenvalue weighted by Crippen LogP contribution is 2.35. The van der Waals surface area contributed by atoms with Crippen LogP contribution >= 0.6 is 0 Å². The van der Waals surface area contributed by atoms with Gasteiger partial charge in [0.15, 0.2) is 6.61 Å². The number of fused-ring (bicyclic) bond motifs is 1. The van der Waals surface area contributed by atoms with Crippen molar-refractivity contribution in [1.82, 2.24) is 10.1 Å². The number of rotatable bonds is 4. The molecule has 1 aliphatic carbocycles. The first-order chi connectivity index (χ1) is 13.6. The molecule has 2 heterocycles. The number of hydrogen-bond acceptors (Lipinski definition) is 5. The van der Waals surface area contributed by atoms with E-state index in [0.29, 0.717) is 23.4 Å². The van der Waals surface area contributed by atoms with Gasteiger partial charge >= 0.3 is 5.97 Å². The Morgan fingerprint density at radius 1 is 1.14 bits per heavy atom. The van der Waals surface area contributed by atoms with Crippen molar-refractivity contribution >= 4 is 11.9 Å². The van der Waals surface area contributed by atoms with E-state index in [9.17, 15) is 9.59 Å². The number of piperidine rings is 1. The Kier molecular flexibility index (Phi) is 5.46. The Balaban J connectivity index is 1.44. The van der Waals surface area contributed by atoms with Crippen molar-refractivity contribution < 1.29 is 18.8 Å². The Bertz CT molecular complexity index is 843. The number of carbonyl (C=O) groups excluding carboxylic acids is 2. The third-order valence-electron chi connectivity index (χ3n) is 6.00. The quantitative estimate of drug-likeness (QED) is 0.748. The number of ether oxygens (including phenoxy) is 1. The van der Waals surface area contributed by atoms with Crippen molar-refractivity contribution in [3.05, 3.63) is 41.7 Å². The topological polar surface area (TPSA) is 72.6 Å². The lowest BCUT2D eigenvalue weighted by atomic mass is 9.78. The van der Waals surface area contributed by atoms with Gasteiger partial charge in [0.1, 0.15) is 17.0 Å². The minimum Gasteiger partial charge on any atom is -0.452 e. The van der Waals surface area contributed by atoms with E-state index in [0.717, 1.165) is 24.9 Å². The monoisotopic (exact) mass is 382 g/mol. The first kappa shape index (κ1) is 18.7. The Morgan fingerprint density at radius 3 is 2.71 bits per heavy atom. The third kappa shape index (κ3) is 3.68. The molecular weight excluding hydrogens is 356 g/mol. The number of carbonyl (C=O) groups is 2. The zero-order chi connectivity index (χ0) is 19.5. The highest BCUT2D eigenvalue weighted by molar-refractivity contribution is 5.98. The summed E-state index contributed by atoms with van der Waals surface area (Å²) in [7, 11) is 0. The third-order valence-corrected chi connectivity index (χ3v) is 6.00. The normalized spacial score (nSPS) is 21.8. The molecular formula is C22H26N2O4. The number of aromatic nitrogens is 1. The molecule has 2 aliphatic rings. The number of esters is 1. The summed E-state index contributed by atoms with van der Waals surface area (Å²) in [5.41, 5.74) is 1.51. The van der Waals surface area contributed by atoms with Crippen LogP contribution in [0.2, 0.25) is 0 Å². The number of likely N-dealkylation sites (tertiary alicyclic amines) is 1. The van der Waals surface area contributed by atoms with Gasteiger partial charge in [-0.15, -0.1) is 0 Å². The van der Waals surface area contributed by atoms with Gasteiger partial charge in [0.05, 0.1) is 0 Å². The molecule has 4 rings (SSSR count). The largest absolute Gasteiger partial charge is 0.452 e. The fourth-order valence-electron chi connectivity index (χ4n) is 4.62. The predicted molar refractivity (Wildman–Crippen MR) is 104 cm³/mol. The number of hydrogen-bond donors (Lipinski definition) is 0. The van der Waals surface area contributed by atoms with Crippen LogP contribution in [0.5, 0.6) is 0 Å². The molecule has 1 aromatic heterocycles. The summed E-state index contributed by atoms with van der Waals surface area (Å²) in [5, 5.41) is 4.01. The molecule has 2 fully saturated rings. The van der Waals surface area contributed by atoms with Crippen LogP contribution in [0.25, 0.3) is 11.3 Å². The van der Waals surface area contributed by atoms with Crippen LogP contribution in [0, 0.1) is 12.8 Å². The summed E-state index contributed by atoms with van der Waals surface area (Å²) < 4.78 is 10.6. The van der Waals surface area contributed by atoms with E-state index in [1.54, 1.807) is 6.92 Å². The maximum atomic E-state index is 12.8. The molecule has 1 saturated carbocycles. The second kappa shape index (κ2) is 8.17. The summed E-state index contributed by atoms with van der Waals surface area (Å²) in [6, 6.07) is 9.66. The highest BCUT2D eigenvalue weighted by atomic mass is 16.5. The molecule has 1 saturated heterocycles. The molecule has 28 heavy (non-hydrogen) atoms. The Hall–Kier alpha value is -2.63. The van der Waals surface area contributed by atoms with Crippen molar-refractivity contribution in [2.24, 2.45) is 5.92 Å². The van der Waals surface area contributed by atoms with Crippen LogP contribution in [0.1, 0.15) is 54.6 Å². The Labute approximate surface area is 164 Å². The van der Waals surface area contributed by atoms with Crippen molar-refractivity contribution in [3.63, 3.8) is 0 Å². The molecule has 6 nitrogen and oxygen atoms in total. The lowest BCUT2D eigenvalue weighted by molar-refractivity contribution is -0.140. The van der Waals surface area contributed by atoms with Crippen molar-refractivity contribution in [1.29, 1.82) is 0 Å². The predicted octanol–water partition coefficient (Wildman–Crippen LogP) is 3.99. The average Bonchev–Trinajstić information content (AvgIpc) is 3.13. The molecule has 2 aromatic rings. The smallest absolute Gasteiger partial charge is 0.344 e. The fourth-order valence-corrected chi connectivity index (χ4v) is 4.62. The molecule has 6 heteroatoms. The number of nitrogens with zero attached hydrogens (tertiary/aromatic N) is 2. The van der Waals surface area contributed by atoms with Gasteiger partial charge in [0.25, 0.3) is 5.91 Å². The van der Waals surface area contributed by atoms with Gasteiger partial charge in [0.2, 0.25) is 0 Å². The summed E-state index contributed by atoms with van der Waals surface area (Å²) in [5.74, 6) is 0.331. The van der Waals surface area contributed by atoms with Gasteiger partial charge in [-0.2, -0.15) is 0 Å². The summed E-state index contributed by atoms with van der Waals surface area (Å²) in [4.78, 5) is 27.4. The molecule has 0 bridgehead atoms. The van der Waals surface area contributed by atoms with Gasteiger partial charge in [-0.05, 0) is 38.5 Å². The molecule has 2 atom stereocenters. The Morgan fingerprint density at radius 2 is 1.89 bits per heavy atom. The van der Waals surface area contributed by atoms with Crippen LogP contribution in [0.4, 0.5) is 0 Å². The van der Waals surface area contributed by atoms with Crippen LogP contribution in [-0.4, -0.2) is 41.1 Å².